The molecule has 0 amide bonds. The topological polar surface area (TPSA) is 50.4 Å². The summed E-state index contributed by atoms with van der Waals surface area (Å²) in [4.78, 5) is 11.9. The smallest absolute Gasteiger partial charge is 0.327 e. The van der Waals surface area contributed by atoms with Gasteiger partial charge >= 0.3 is 5.97 Å². The van der Waals surface area contributed by atoms with E-state index in [0.717, 1.165) is 25.2 Å². The highest BCUT2D eigenvalue weighted by Crippen LogP contribution is 2.16. The van der Waals surface area contributed by atoms with Crippen molar-refractivity contribution in [2.45, 2.75) is 18.9 Å². The molecule has 1 saturated heterocycles. The highest BCUT2D eigenvalue weighted by atomic mass is 16.5. The fourth-order valence-corrected chi connectivity index (χ4v) is 2.48. The van der Waals surface area contributed by atoms with Gasteiger partial charge in [-0.1, -0.05) is 30.3 Å². The zero-order chi connectivity index (χ0) is 13.5. The van der Waals surface area contributed by atoms with E-state index in [-0.39, 0.29) is 12.0 Å². The summed E-state index contributed by atoms with van der Waals surface area (Å²) in [6.07, 6.45) is 2.42. The molecule has 1 aliphatic heterocycles. The first kappa shape index (κ1) is 14.0. The summed E-state index contributed by atoms with van der Waals surface area (Å²) in [6, 6.07) is 9.36. The molecule has 1 heterocycles. The van der Waals surface area contributed by atoms with Gasteiger partial charge in [-0.25, -0.2) is 4.79 Å². The molecule has 19 heavy (non-hydrogen) atoms. The summed E-state index contributed by atoms with van der Waals surface area (Å²) in [5.41, 5.74) is 0.957. The number of nitrogens with one attached hydrogen (secondary N) is 2. The lowest BCUT2D eigenvalue weighted by Gasteiger charge is -2.25. The van der Waals surface area contributed by atoms with Crippen molar-refractivity contribution < 1.29 is 9.53 Å². The van der Waals surface area contributed by atoms with E-state index in [0.29, 0.717) is 5.92 Å². The first-order valence-corrected chi connectivity index (χ1v) is 6.88. The number of methoxy groups -OCH3 is 1. The number of ether oxygens (including phenoxy) is 1. The summed E-state index contributed by atoms with van der Waals surface area (Å²) < 4.78 is 4.89. The zero-order valence-corrected chi connectivity index (χ0v) is 11.4. The van der Waals surface area contributed by atoms with Gasteiger partial charge in [0, 0.05) is 6.54 Å². The second-order valence-corrected chi connectivity index (χ2v) is 4.99. The molecule has 1 aliphatic rings. The largest absolute Gasteiger partial charge is 0.468 e. The number of carbonyl (C=O) groups excluding carboxylic acids is 1. The lowest BCUT2D eigenvalue weighted by atomic mass is 9.98. The van der Waals surface area contributed by atoms with Crippen LogP contribution in [-0.2, 0) is 9.53 Å². The molecule has 104 valence electrons. The van der Waals surface area contributed by atoms with E-state index in [1.54, 1.807) is 0 Å². The maximum absolute atomic E-state index is 11.9. The van der Waals surface area contributed by atoms with E-state index >= 15 is 0 Å². The Labute approximate surface area is 114 Å². The van der Waals surface area contributed by atoms with Gasteiger partial charge in [-0.05, 0) is 37.4 Å². The molecule has 2 atom stereocenters. The fourth-order valence-electron chi connectivity index (χ4n) is 2.48. The summed E-state index contributed by atoms with van der Waals surface area (Å²) in [6.45, 7) is 2.97. The number of esters is 1. The zero-order valence-electron chi connectivity index (χ0n) is 11.4. The van der Waals surface area contributed by atoms with Gasteiger partial charge in [-0.3, -0.25) is 0 Å². The monoisotopic (exact) mass is 262 g/mol. The second-order valence-electron chi connectivity index (χ2n) is 4.99. The van der Waals surface area contributed by atoms with Crippen LogP contribution in [0.25, 0.3) is 0 Å². The Hall–Kier alpha value is -1.39. The van der Waals surface area contributed by atoms with Crippen LogP contribution in [0.3, 0.4) is 0 Å². The Morgan fingerprint density at radius 2 is 2.26 bits per heavy atom. The van der Waals surface area contributed by atoms with Crippen LogP contribution >= 0.6 is 0 Å². The molecule has 2 N–H and O–H groups in total. The minimum atomic E-state index is -0.367. The van der Waals surface area contributed by atoms with Gasteiger partial charge in [0.1, 0.15) is 6.04 Å². The predicted octanol–water partition coefficient (Wildman–Crippen LogP) is 1.49. The number of carbonyl (C=O) groups is 1. The van der Waals surface area contributed by atoms with E-state index in [9.17, 15) is 4.79 Å². The minimum Gasteiger partial charge on any atom is -0.468 e. The van der Waals surface area contributed by atoms with Crippen LogP contribution < -0.4 is 10.6 Å². The second kappa shape index (κ2) is 7.26. The SMILES string of the molecule is COC(=O)C(NCC1CCCNC1)c1ccccc1. The Morgan fingerprint density at radius 3 is 2.89 bits per heavy atom. The van der Waals surface area contributed by atoms with Crippen LogP contribution in [0.5, 0.6) is 0 Å². The molecule has 4 nitrogen and oxygen atoms in total. The Bertz CT molecular complexity index is 388. The summed E-state index contributed by atoms with van der Waals surface area (Å²) >= 11 is 0. The van der Waals surface area contributed by atoms with Gasteiger partial charge in [0.25, 0.3) is 0 Å². The van der Waals surface area contributed by atoms with Crippen molar-refractivity contribution in [2.75, 3.05) is 26.7 Å². The maximum Gasteiger partial charge on any atom is 0.327 e. The van der Waals surface area contributed by atoms with E-state index in [1.165, 1.54) is 20.0 Å². The molecule has 0 saturated carbocycles. The lowest BCUT2D eigenvalue weighted by Crippen LogP contribution is -2.39. The molecule has 1 fully saturated rings. The quantitative estimate of drug-likeness (QED) is 0.789. The standard InChI is InChI=1S/C15H22N2O2/c1-19-15(18)14(13-7-3-2-4-8-13)17-11-12-6-5-9-16-10-12/h2-4,7-8,12,14,16-17H,5-6,9-11H2,1H3. The molecule has 2 rings (SSSR count). The molecule has 0 spiro atoms. The molecular formula is C15H22N2O2. The molecule has 0 aromatic heterocycles. The average molecular weight is 262 g/mol. The molecule has 1 aromatic carbocycles. The van der Waals surface area contributed by atoms with E-state index in [1.807, 2.05) is 30.3 Å². The third-order valence-corrected chi connectivity index (χ3v) is 3.58. The summed E-state index contributed by atoms with van der Waals surface area (Å²) in [5, 5.41) is 6.73. The van der Waals surface area contributed by atoms with Crippen LogP contribution in [0.2, 0.25) is 0 Å². The van der Waals surface area contributed by atoms with Crippen LogP contribution in [0.4, 0.5) is 0 Å². The lowest BCUT2D eigenvalue weighted by molar-refractivity contribution is -0.143. The van der Waals surface area contributed by atoms with Crippen molar-refractivity contribution in [2.24, 2.45) is 5.92 Å². The number of rotatable bonds is 5. The number of piperidine rings is 1. The van der Waals surface area contributed by atoms with Gasteiger partial charge in [0.2, 0.25) is 0 Å². The van der Waals surface area contributed by atoms with Crippen LogP contribution in [0.1, 0.15) is 24.4 Å². The van der Waals surface area contributed by atoms with Gasteiger partial charge in [0.15, 0.2) is 0 Å². The molecule has 0 bridgehead atoms. The average Bonchev–Trinajstić information content (AvgIpc) is 2.49. The molecule has 1 aromatic rings. The Kier molecular flexibility index (Phi) is 5.36. The molecule has 0 radical (unpaired) electrons. The van der Waals surface area contributed by atoms with Crippen molar-refractivity contribution >= 4 is 5.97 Å². The Morgan fingerprint density at radius 1 is 1.47 bits per heavy atom. The Balaban J connectivity index is 1.96. The molecular weight excluding hydrogens is 240 g/mol. The van der Waals surface area contributed by atoms with Gasteiger partial charge in [-0.15, -0.1) is 0 Å². The van der Waals surface area contributed by atoms with Crippen molar-refractivity contribution in [1.29, 1.82) is 0 Å². The van der Waals surface area contributed by atoms with Crippen LogP contribution in [0, 0.1) is 5.92 Å². The summed E-state index contributed by atoms with van der Waals surface area (Å²) in [5.74, 6) is 0.361. The minimum absolute atomic E-state index is 0.227. The highest BCUT2D eigenvalue weighted by Gasteiger charge is 2.22. The molecule has 0 aliphatic carbocycles. The van der Waals surface area contributed by atoms with Crippen molar-refractivity contribution in [3.05, 3.63) is 35.9 Å². The van der Waals surface area contributed by atoms with E-state index in [4.69, 9.17) is 4.74 Å². The third-order valence-electron chi connectivity index (χ3n) is 3.58. The molecule has 2 unspecified atom stereocenters. The third kappa shape index (κ3) is 4.04. The van der Waals surface area contributed by atoms with Crippen molar-refractivity contribution in [1.82, 2.24) is 10.6 Å². The first-order valence-electron chi connectivity index (χ1n) is 6.88. The van der Waals surface area contributed by atoms with Gasteiger partial charge < -0.3 is 15.4 Å². The first-order chi connectivity index (χ1) is 9.31. The van der Waals surface area contributed by atoms with E-state index in [2.05, 4.69) is 10.6 Å². The molecule has 4 heteroatoms. The fraction of sp³-hybridized carbons (Fsp3) is 0.533. The maximum atomic E-state index is 11.9. The number of hydrogen-bond donors (Lipinski definition) is 2. The predicted molar refractivity (Wildman–Crippen MR) is 74.8 cm³/mol. The van der Waals surface area contributed by atoms with Crippen LogP contribution in [0.15, 0.2) is 30.3 Å². The summed E-state index contributed by atoms with van der Waals surface area (Å²) in [7, 11) is 1.43. The van der Waals surface area contributed by atoms with Crippen LogP contribution in [-0.4, -0.2) is 32.7 Å². The van der Waals surface area contributed by atoms with Gasteiger partial charge in [-0.2, -0.15) is 0 Å². The highest BCUT2D eigenvalue weighted by molar-refractivity contribution is 5.77. The number of benzene rings is 1. The van der Waals surface area contributed by atoms with Crippen molar-refractivity contribution in [3.8, 4) is 0 Å². The number of hydrogen-bond acceptors (Lipinski definition) is 4. The van der Waals surface area contributed by atoms with E-state index < -0.39 is 0 Å². The normalized spacial score (nSPS) is 20.8. The van der Waals surface area contributed by atoms with Crippen molar-refractivity contribution in [3.63, 3.8) is 0 Å². The van der Waals surface area contributed by atoms with Gasteiger partial charge in [0.05, 0.1) is 7.11 Å².